The van der Waals surface area contributed by atoms with Gasteiger partial charge < -0.3 is 4.90 Å². The van der Waals surface area contributed by atoms with Crippen molar-refractivity contribution in [3.63, 3.8) is 0 Å². The average Bonchev–Trinajstić information content (AvgIpc) is 3.12. The summed E-state index contributed by atoms with van der Waals surface area (Å²) in [5.74, 6) is -0.0172. The summed E-state index contributed by atoms with van der Waals surface area (Å²) in [7, 11) is 3.54. The molecule has 2 aromatic carbocycles. The predicted octanol–water partition coefficient (Wildman–Crippen LogP) is 3.40. The van der Waals surface area contributed by atoms with E-state index in [1.165, 1.54) is 0 Å². The van der Waals surface area contributed by atoms with Crippen LogP contribution in [0.5, 0.6) is 0 Å². The van der Waals surface area contributed by atoms with E-state index < -0.39 is 5.54 Å². The van der Waals surface area contributed by atoms with Crippen LogP contribution < -0.4 is 0 Å². The number of aromatic nitrogens is 2. The molecule has 0 bridgehead atoms. The van der Waals surface area contributed by atoms with E-state index in [2.05, 4.69) is 0 Å². The number of rotatable bonds is 4. The van der Waals surface area contributed by atoms with Gasteiger partial charge in [0.2, 0.25) is 0 Å². The van der Waals surface area contributed by atoms with Gasteiger partial charge in [0.25, 0.3) is 5.91 Å². The quantitative estimate of drug-likeness (QED) is 0.739. The molecular weight excluding hydrogens is 298 g/mol. The van der Waals surface area contributed by atoms with Crippen molar-refractivity contribution in [1.29, 1.82) is 0 Å². The number of hydrogen-bond donors (Lipinski definition) is 0. The molecule has 4 nitrogen and oxygen atoms in total. The van der Waals surface area contributed by atoms with Gasteiger partial charge in [0.05, 0.1) is 5.69 Å². The summed E-state index contributed by atoms with van der Waals surface area (Å²) < 4.78 is 1.76. The molecule has 0 spiro atoms. The van der Waals surface area contributed by atoms with Crippen LogP contribution in [0, 0.1) is 0 Å². The Morgan fingerprint density at radius 2 is 1.54 bits per heavy atom. The molecule has 1 atom stereocenters. The van der Waals surface area contributed by atoms with Crippen LogP contribution >= 0.6 is 0 Å². The van der Waals surface area contributed by atoms with Crippen molar-refractivity contribution in [2.45, 2.75) is 12.5 Å². The summed E-state index contributed by atoms with van der Waals surface area (Å²) >= 11 is 0. The minimum absolute atomic E-state index is 0.0172. The normalized spacial score (nSPS) is 13.3. The fourth-order valence-corrected chi connectivity index (χ4v) is 2.89. The maximum atomic E-state index is 13.0. The van der Waals surface area contributed by atoms with Crippen molar-refractivity contribution in [1.82, 2.24) is 14.7 Å². The van der Waals surface area contributed by atoms with E-state index in [1.807, 2.05) is 79.9 Å². The summed E-state index contributed by atoms with van der Waals surface area (Å²) in [6, 6.07) is 21.7. The maximum absolute atomic E-state index is 13.0. The Bertz CT molecular complexity index is 824. The molecule has 0 aliphatic heterocycles. The lowest BCUT2D eigenvalue weighted by Crippen LogP contribution is -2.47. The van der Waals surface area contributed by atoms with Gasteiger partial charge in [-0.05, 0) is 18.6 Å². The zero-order chi connectivity index (χ0) is 17.2. The third kappa shape index (κ3) is 2.71. The molecule has 0 radical (unpaired) electrons. The highest BCUT2D eigenvalue weighted by molar-refractivity contribution is 5.87. The van der Waals surface area contributed by atoms with Gasteiger partial charge in [0, 0.05) is 25.9 Å². The monoisotopic (exact) mass is 319 g/mol. The van der Waals surface area contributed by atoms with Crippen molar-refractivity contribution in [3.8, 4) is 11.3 Å². The van der Waals surface area contributed by atoms with Crippen molar-refractivity contribution >= 4 is 5.91 Å². The summed E-state index contributed by atoms with van der Waals surface area (Å²) in [5.41, 5.74) is 1.90. The number of nitrogens with zero attached hydrogens (tertiary/aromatic N) is 3. The molecule has 0 saturated carbocycles. The molecule has 1 unspecified atom stereocenters. The zero-order valence-electron chi connectivity index (χ0n) is 14.2. The van der Waals surface area contributed by atoms with Gasteiger partial charge in [0.1, 0.15) is 0 Å². The van der Waals surface area contributed by atoms with Crippen LogP contribution in [0.3, 0.4) is 0 Å². The standard InChI is InChI=1S/C20H21N3O/c1-20(19(24)22(2)3,17-12-8-5-9-13-17)23-15-14-18(21-23)16-10-6-4-7-11-16/h4-15H,1-3H3. The van der Waals surface area contributed by atoms with Gasteiger partial charge >= 0.3 is 0 Å². The third-order valence-electron chi connectivity index (χ3n) is 4.28. The highest BCUT2D eigenvalue weighted by Gasteiger charge is 2.39. The third-order valence-corrected chi connectivity index (χ3v) is 4.28. The SMILES string of the molecule is CN(C)C(=O)C(C)(c1ccccc1)n1ccc(-c2ccccc2)n1. The van der Waals surface area contributed by atoms with Crippen LogP contribution in [0.25, 0.3) is 11.3 Å². The second-order valence-corrected chi connectivity index (χ2v) is 6.15. The van der Waals surface area contributed by atoms with Gasteiger partial charge in [-0.3, -0.25) is 9.48 Å². The molecule has 1 amide bonds. The highest BCUT2D eigenvalue weighted by atomic mass is 16.2. The zero-order valence-corrected chi connectivity index (χ0v) is 14.2. The number of likely N-dealkylation sites (N-methyl/N-ethyl adjacent to an activating group) is 1. The fourth-order valence-electron chi connectivity index (χ4n) is 2.89. The molecule has 1 aromatic heterocycles. The van der Waals surface area contributed by atoms with Gasteiger partial charge in [-0.1, -0.05) is 60.7 Å². The molecule has 0 fully saturated rings. The first kappa shape index (κ1) is 16.0. The molecule has 0 aliphatic rings. The van der Waals surface area contributed by atoms with Gasteiger partial charge in [-0.2, -0.15) is 5.10 Å². The van der Waals surface area contributed by atoms with Crippen LogP contribution in [0.2, 0.25) is 0 Å². The Morgan fingerprint density at radius 1 is 0.958 bits per heavy atom. The Kier molecular flexibility index (Phi) is 4.21. The number of carbonyl (C=O) groups excluding carboxylic acids is 1. The van der Waals surface area contributed by atoms with Gasteiger partial charge in [0.15, 0.2) is 5.54 Å². The average molecular weight is 319 g/mol. The second-order valence-electron chi connectivity index (χ2n) is 6.15. The minimum Gasteiger partial charge on any atom is -0.346 e. The van der Waals surface area contributed by atoms with Gasteiger partial charge in [-0.25, -0.2) is 0 Å². The Hall–Kier alpha value is -2.88. The smallest absolute Gasteiger partial charge is 0.254 e. The first-order valence-corrected chi connectivity index (χ1v) is 7.92. The van der Waals surface area contributed by atoms with Crippen LogP contribution in [0.4, 0.5) is 0 Å². The van der Waals surface area contributed by atoms with Crippen molar-refractivity contribution in [2.24, 2.45) is 0 Å². The summed E-state index contributed by atoms with van der Waals surface area (Å²) in [6.45, 7) is 1.91. The molecule has 0 aliphatic carbocycles. The molecule has 122 valence electrons. The van der Waals surface area contributed by atoms with E-state index in [-0.39, 0.29) is 5.91 Å². The van der Waals surface area contributed by atoms with Crippen LogP contribution in [0.1, 0.15) is 12.5 Å². The van der Waals surface area contributed by atoms with Gasteiger partial charge in [-0.15, -0.1) is 0 Å². The molecule has 24 heavy (non-hydrogen) atoms. The lowest BCUT2D eigenvalue weighted by atomic mass is 9.90. The Balaban J connectivity index is 2.11. The fraction of sp³-hybridized carbons (Fsp3) is 0.200. The number of carbonyl (C=O) groups is 1. The number of hydrogen-bond acceptors (Lipinski definition) is 2. The largest absolute Gasteiger partial charge is 0.346 e. The molecule has 0 N–H and O–H groups in total. The van der Waals surface area contributed by atoms with E-state index in [0.29, 0.717) is 0 Å². The lowest BCUT2D eigenvalue weighted by Gasteiger charge is -2.32. The molecule has 0 saturated heterocycles. The first-order chi connectivity index (χ1) is 11.5. The van der Waals surface area contributed by atoms with Crippen LogP contribution in [-0.2, 0) is 10.3 Å². The van der Waals surface area contributed by atoms with E-state index in [0.717, 1.165) is 16.8 Å². The van der Waals surface area contributed by atoms with E-state index in [4.69, 9.17) is 5.10 Å². The lowest BCUT2D eigenvalue weighted by molar-refractivity contribution is -0.135. The van der Waals surface area contributed by atoms with E-state index in [1.54, 1.807) is 23.7 Å². The van der Waals surface area contributed by atoms with Crippen LogP contribution in [-0.4, -0.2) is 34.7 Å². The topological polar surface area (TPSA) is 38.1 Å². The number of benzene rings is 2. The second kappa shape index (κ2) is 6.32. The first-order valence-electron chi connectivity index (χ1n) is 7.92. The Labute approximate surface area is 142 Å². The highest BCUT2D eigenvalue weighted by Crippen LogP contribution is 2.29. The molecule has 4 heteroatoms. The summed E-state index contributed by atoms with van der Waals surface area (Å²) in [6.07, 6.45) is 1.87. The van der Waals surface area contributed by atoms with Crippen LogP contribution in [0.15, 0.2) is 72.9 Å². The minimum atomic E-state index is -0.891. The van der Waals surface area contributed by atoms with Crippen molar-refractivity contribution in [3.05, 3.63) is 78.5 Å². The maximum Gasteiger partial charge on any atom is 0.254 e. The molecule has 1 heterocycles. The summed E-state index contributed by atoms with van der Waals surface area (Å²) in [4.78, 5) is 14.6. The molecule has 3 aromatic rings. The Morgan fingerprint density at radius 3 is 2.12 bits per heavy atom. The van der Waals surface area contributed by atoms with E-state index >= 15 is 0 Å². The summed E-state index contributed by atoms with van der Waals surface area (Å²) in [5, 5.41) is 4.70. The number of amides is 1. The predicted molar refractivity (Wildman–Crippen MR) is 95.5 cm³/mol. The molecular formula is C20H21N3O. The van der Waals surface area contributed by atoms with Crippen molar-refractivity contribution in [2.75, 3.05) is 14.1 Å². The van der Waals surface area contributed by atoms with Crippen molar-refractivity contribution < 1.29 is 4.79 Å². The molecule has 3 rings (SSSR count). The van der Waals surface area contributed by atoms with E-state index in [9.17, 15) is 4.79 Å².